The van der Waals surface area contributed by atoms with E-state index in [1.54, 1.807) is 0 Å². The number of hydrogen-bond donors (Lipinski definition) is 4. The van der Waals surface area contributed by atoms with E-state index < -0.39 is 36.4 Å². The van der Waals surface area contributed by atoms with Gasteiger partial charge in [0.05, 0.1) is 11.3 Å². The Morgan fingerprint density at radius 1 is 0.891 bits per heavy atom. The maximum Gasteiger partial charge on any atom is 0.490 e. The first-order valence-corrected chi connectivity index (χ1v) is 12.8. The highest BCUT2D eigenvalue weighted by Crippen LogP contribution is 2.42. The third-order valence-corrected chi connectivity index (χ3v) is 5.98. The first kappa shape index (κ1) is 39.8. The van der Waals surface area contributed by atoms with Crippen LogP contribution >= 0.6 is 0 Å². The lowest BCUT2D eigenvalue weighted by molar-refractivity contribution is -0.193. The minimum atomic E-state index is -5.08. The highest BCUT2D eigenvalue weighted by molar-refractivity contribution is 5.73. The van der Waals surface area contributed by atoms with Crippen molar-refractivity contribution in [3.05, 3.63) is 48.0 Å². The maximum absolute atomic E-state index is 10.6. The van der Waals surface area contributed by atoms with Gasteiger partial charge in [0.2, 0.25) is 5.95 Å². The van der Waals surface area contributed by atoms with Crippen molar-refractivity contribution in [2.75, 3.05) is 31.6 Å². The van der Waals surface area contributed by atoms with E-state index >= 15 is 0 Å². The van der Waals surface area contributed by atoms with Gasteiger partial charge in [-0.2, -0.15) is 39.5 Å². The monoisotopic (exact) mass is 681 g/mol. The van der Waals surface area contributed by atoms with Crippen LogP contribution in [0.3, 0.4) is 0 Å². The molecule has 21 heteroatoms. The normalized spacial score (nSPS) is 17.1. The molecular formula is C25H28F9N5O7. The molecule has 2 saturated heterocycles. The molecule has 0 radical (unpaired) electrons. The van der Waals surface area contributed by atoms with Crippen molar-refractivity contribution >= 4 is 23.9 Å². The second kappa shape index (κ2) is 16.9. The number of rotatable bonds is 6. The van der Waals surface area contributed by atoms with E-state index in [0.29, 0.717) is 11.9 Å². The summed E-state index contributed by atoms with van der Waals surface area (Å²) in [4.78, 5) is 42.1. The molecule has 1 atom stereocenters. The first-order valence-electron chi connectivity index (χ1n) is 12.8. The summed E-state index contributed by atoms with van der Waals surface area (Å²) >= 11 is 0. The van der Waals surface area contributed by atoms with Crippen LogP contribution in [0.2, 0.25) is 0 Å². The molecule has 0 bridgehead atoms. The Labute approximate surface area is 254 Å². The highest BCUT2D eigenvalue weighted by Gasteiger charge is 2.52. The predicted octanol–water partition coefficient (Wildman–Crippen LogP) is 4.17. The van der Waals surface area contributed by atoms with Crippen molar-refractivity contribution in [3.8, 4) is 0 Å². The number of carboxylic acid groups (broad SMARTS) is 3. The van der Waals surface area contributed by atoms with Crippen molar-refractivity contribution in [2.45, 2.75) is 50.4 Å². The number of aryl methyl sites for hydroxylation is 1. The van der Waals surface area contributed by atoms with Crippen LogP contribution in [0.5, 0.6) is 0 Å². The molecule has 0 saturated carbocycles. The minimum Gasteiger partial charge on any atom is -0.475 e. The summed E-state index contributed by atoms with van der Waals surface area (Å²) in [6.07, 6.45) is -7.46. The van der Waals surface area contributed by atoms with Gasteiger partial charge < -0.3 is 25.4 Å². The van der Waals surface area contributed by atoms with Crippen LogP contribution in [0.1, 0.15) is 24.1 Å². The van der Waals surface area contributed by atoms with E-state index in [4.69, 9.17) is 34.4 Å². The molecule has 0 amide bonds. The summed E-state index contributed by atoms with van der Waals surface area (Å²) in [5.41, 5.74) is 2.26. The summed E-state index contributed by atoms with van der Waals surface area (Å²) in [5, 5.41) is 24.7. The Hall–Kier alpha value is -4.27. The van der Waals surface area contributed by atoms with Gasteiger partial charge in [-0.05, 0) is 43.4 Å². The SMILES string of the molecule is Cc1cnc(NCCC2CCOC23CN(Cc2ccccn2)C3)nc1.O=C(O)C(F)(F)F.O=C(O)C(F)(F)F.O=C(O)C(F)(F)F. The second-order valence-electron chi connectivity index (χ2n) is 9.57. The third-order valence-electron chi connectivity index (χ3n) is 5.98. The summed E-state index contributed by atoms with van der Waals surface area (Å²) < 4.78 is 101. The average molecular weight is 682 g/mol. The largest absolute Gasteiger partial charge is 0.490 e. The molecule has 1 spiro atoms. The third kappa shape index (κ3) is 14.2. The summed E-state index contributed by atoms with van der Waals surface area (Å²) in [6, 6.07) is 6.09. The molecule has 2 aromatic heterocycles. The summed E-state index contributed by atoms with van der Waals surface area (Å²) in [7, 11) is 0. The van der Waals surface area contributed by atoms with Crippen molar-refractivity contribution in [1.29, 1.82) is 0 Å². The number of alkyl halides is 9. The molecule has 4 rings (SSSR count). The number of nitrogens with one attached hydrogen (secondary N) is 1. The molecule has 258 valence electrons. The smallest absolute Gasteiger partial charge is 0.475 e. The van der Waals surface area contributed by atoms with Gasteiger partial charge in [-0.25, -0.2) is 24.4 Å². The standard InChI is InChI=1S/C19H25N5O.3C2HF3O2/c1-15-10-22-18(23-11-15)21-8-5-16-6-9-25-19(16)13-24(14-19)12-17-4-2-3-7-20-17;3*3-2(4,5)1(6)7/h2-4,7,10-11,16H,5-6,8-9,12-14H2,1H3,(H,21,22,23);3*(H,6,7). The molecule has 0 aliphatic carbocycles. The quantitative estimate of drug-likeness (QED) is 0.321. The number of aromatic nitrogens is 3. The number of aliphatic carboxylic acids is 3. The van der Waals surface area contributed by atoms with Gasteiger partial charge in [0, 0.05) is 51.4 Å². The zero-order valence-electron chi connectivity index (χ0n) is 23.7. The number of carboxylic acids is 3. The van der Waals surface area contributed by atoms with Crippen LogP contribution in [0, 0.1) is 12.8 Å². The molecule has 1 unspecified atom stereocenters. The van der Waals surface area contributed by atoms with Gasteiger partial charge in [0.1, 0.15) is 0 Å². The van der Waals surface area contributed by atoms with Crippen LogP contribution in [0.15, 0.2) is 36.8 Å². The fraction of sp³-hybridized carbons (Fsp3) is 0.520. The van der Waals surface area contributed by atoms with Crippen LogP contribution in [0.25, 0.3) is 0 Å². The Bertz CT molecular complexity index is 1200. The van der Waals surface area contributed by atoms with Gasteiger partial charge in [0.15, 0.2) is 0 Å². The van der Waals surface area contributed by atoms with E-state index in [9.17, 15) is 39.5 Å². The number of pyridine rings is 1. The predicted molar refractivity (Wildman–Crippen MR) is 137 cm³/mol. The zero-order valence-corrected chi connectivity index (χ0v) is 23.7. The zero-order chi connectivity index (χ0) is 35.3. The molecule has 2 aliphatic rings. The van der Waals surface area contributed by atoms with Crippen LogP contribution in [0.4, 0.5) is 45.5 Å². The van der Waals surface area contributed by atoms with E-state index in [-0.39, 0.29) is 5.60 Å². The first-order chi connectivity index (χ1) is 21.1. The Kier molecular flexibility index (Phi) is 14.6. The van der Waals surface area contributed by atoms with E-state index in [0.717, 1.165) is 56.9 Å². The molecule has 2 aliphatic heterocycles. The molecular weight excluding hydrogens is 653 g/mol. The lowest BCUT2D eigenvalue weighted by atomic mass is 9.79. The van der Waals surface area contributed by atoms with Crippen molar-refractivity contribution < 1.29 is 74.0 Å². The lowest BCUT2D eigenvalue weighted by Gasteiger charge is -2.50. The maximum atomic E-state index is 10.6. The van der Waals surface area contributed by atoms with E-state index in [1.807, 2.05) is 37.6 Å². The van der Waals surface area contributed by atoms with Crippen molar-refractivity contribution in [2.24, 2.45) is 5.92 Å². The topological polar surface area (TPSA) is 175 Å². The van der Waals surface area contributed by atoms with E-state index in [2.05, 4.69) is 31.2 Å². The molecule has 2 aromatic rings. The fourth-order valence-electron chi connectivity index (χ4n) is 3.93. The Morgan fingerprint density at radius 2 is 1.37 bits per heavy atom. The van der Waals surface area contributed by atoms with Crippen LogP contribution in [-0.2, 0) is 25.7 Å². The van der Waals surface area contributed by atoms with Crippen molar-refractivity contribution in [1.82, 2.24) is 19.9 Å². The number of carbonyl (C=O) groups is 3. The number of anilines is 1. The molecule has 2 fully saturated rings. The molecule has 12 nitrogen and oxygen atoms in total. The number of ether oxygens (including phenoxy) is 1. The number of hydrogen-bond acceptors (Lipinski definition) is 9. The number of likely N-dealkylation sites (tertiary alicyclic amines) is 1. The lowest BCUT2D eigenvalue weighted by Crippen LogP contribution is -2.64. The molecule has 4 heterocycles. The second-order valence-corrected chi connectivity index (χ2v) is 9.57. The van der Waals surface area contributed by atoms with Gasteiger partial charge in [0.25, 0.3) is 0 Å². The van der Waals surface area contributed by atoms with E-state index in [1.165, 1.54) is 0 Å². The minimum absolute atomic E-state index is 0.0462. The van der Waals surface area contributed by atoms with Crippen LogP contribution in [-0.4, -0.2) is 103 Å². The summed E-state index contributed by atoms with van der Waals surface area (Å²) in [5.74, 6) is -6.96. The fourth-order valence-corrected chi connectivity index (χ4v) is 3.93. The summed E-state index contributed by atoms with van der Waals surface area (Å²) in [6.45, 7) is 6.69. The number of nitrogens with zero attached hydrogens (tertiary/aromatic N) is 4. The van der Waals surface area contributed by atoms with Gasteiger partial charge in [-0.1, -0.05) is 6.07 Å². The average Bonchev–Trinajstić information content (AvgIpc) is 3.33. The number of halogens is 9. The molecule has 0 aromatic carbocycles. The van der Waals surface area contributed by atoms with Gasteiger partial charge in [-0.3, -0.25) is 9.88 Å². The highest BCUT2D eigenvalue weighted by atomic mass is 19.4. The van der Waals surface area contributed by atoms with Crippen LogP contribution < -0.4 is 5.32 Å². The van der Waals surface area contributed by atoms with Gasteiger partial charge in [-0.15, -0.1) is 0 Å². The Morgan fingerprint density at radius 3 is 1.78 bits per heavy atom. The van der Waals surface area contributed by atoms with Crippen molar-refractivity contribution in [3.63, 3.8) is 0 Å². The molecule has 46 heavy (non-hydrogen) atoms. The Balaban J connectivity index is 0.000000413. The van der Waals surface area contributed by atoms with Gasteiger partial charge >= 0.3 is 36.4 Å². The molecule has 4 N–H and O–H groups in total.